The van der Waals surface area contributed by atoms with Crippen LogP contribution in [0, 0.1) is 15.9 Å². The van der Waals surface area contributed by atoms with Crippen molar-refractivity contribution >= 4 is 17.7 Å². The summed E-state index contributed by atoms with van der Waals surface area (Å²) in [6.45, 7) is 0.590. The van der Waals surface area contributed by atoms with Crippen molar-refractivity contribution in [3.63, 3.8) is 0 Å². The number of ether oxygens (including phenoxy) is 2. The Morgan fingerprint density at radius 1 is 1.33 bits per heavy atom. The Bertz CT molecular complexity index is 898. The summed E-state index contributed by atoms with van der Waals surface area (Å²) in [5, 5.41) is 13.8. The number of benzene rings is 2. The number of halogens is 1. The molecule has 1 aliphatic rings. The second-order valence-electron chi connectivity index (χ2n) is 5.90. The Labute approximate surface area is 154 Å². The molecule has 3 rings (SSSR count). The summed E-state index contributed by atoms with van der Waals surface area (Å²) in [5.41, 5.74) is 1.67. The molecule has 0 unspecified atom stereocenters. The first-order chi connectivity index (χ1) is 13.0. The zero-order chi connectivity index (χ0) is 19.2. The van der Waals surface area contributed by atoms with Crippen LogP contribution in [-0.2, 0) is 22.6 Å². The largest absolute Gasteiger partial charge is 0.467 e. The Hall–Kier alpha value is -3.26. The number of nitrogens with zero attached hydrogens (tertiary/aromatic N) is 1. The molecule has 0 spiro atoms. The van der Waals surface area contributed by atoms with Crippen molar-refractivity contribution in [2.45, 2.75) is 13.0 Å². The Morgan fingerprint density at radius 2 is 2.19 bits per heavy atom. The van der Waals surface area contributed by atoms with Gasteiger partial charge in [0.05, 0.1) is 11.5 Å². The second kappa shape index (κ2) is 8.41. The molecule has 1 aliphatic heterocycles. The first-order valence-corrected chi connectivity index (χ1v) is 8.25. The van der Waals surface area contributed by atoms with E-state index < -0.39 is 4.92 Å². The number of carbonyl (C=O) groups is 1. The summed E-state index contributed by atoms with van der Waals surface area (Å²) >= 11 is 0. The lowest BCUT2D eigenvalue weighted by molar-refractivity contribution is -0.385. The quantitative estimate of drug-likeness (QED) is 0.478. The summed E-state index contributed by atoms with van der Waals surface area (Å²) in [7, 11) is 0. The Morgan fingerprint density at radius 3 is 2.96 bits per heavy atom. The van der Waals surface area contributed by atoms with E-state index in [0.29, 0.717) is 29.8 Å². The van der Waals surface area contributed by atoms with Crippen molar-refractivity contribution in [1.29, 1.82) is 0 Å². The Kier molecular flexibility index (Phi) is 5.77. The van der Waals surface area contributed by atoms with Crippen molar-refractivity contribution in [1.82, 2.24) is 5.32 Å². The lowest BCUT2D eigenvalue weighted by Gasteiger charge is -2.19. The SMILES string of the molecule is O=C(/C=C/c1cc([N+](=O)[O-])cc2c1OCOC2)NCCc1cccc(F)c1. The van der Waals surface area contributed by atoms with E-state index in [0.717, 1.165) is 5.56 Å². The van der Waals surface area contributed by atoms with Gasteiger partial charge in [-0.3, -0.25) is 14.9 Å². The van der Waals surface area contributed by atoms with Crippen LogP contribution in [0.4, 0.5) is 10.1 Å². The predicted octanol–water partition coefficient (Wildman–Crippen LogP) is 2.97. The highest BCUT2D eigenvalue weighted by atomic mass is 19.1. The van der Waals surface area contributed by atoms with Gasteiger partial charge in [0, 0.05) is 35.9 Å². The minimum absolute atomic E-state index is 0.0471. The first kappa shape index (κ1) is 18.5. The molecule has 8 heteroatoms. The lowest BCUT2D eigenvalue weighted by Crippen LogP contribution is -2.23. The molecule has 27 heavy (non-hydrogen) atoms. The summed E-state index contributed by atoms with van der Waals surface area (Å²) in [6, 6.07) is 8.90. The minimum Gasteiger partial charge on any atom is -0.467 e. The molecule has 0 saturated heterocycles. The summed E-state index contributed by atoms with van der Waals surface area (Å²) < 4.78 is 23.7. The molecule has 1 heterocycles. The molecule has 140 valence electrons. The highest BCUT2D eigenvalue weighted by Gasteiger charge is 2.19. The second-order valence-corrected chi connectivity index (χ2v) is 5.90. The van der Waals surface area contributed by atoms with Crippen LogP contribution >= 0.6 is 0 Å². The van der Waals surface area contributed by atoms with Crippen LogP contribution < -0.4 is 10.1 Å². The van der Waals surface area contributed by atoms with Gasteiger partial charge in [0.25, 0.3) is 5.69 Å². The third-order valence-electron chi connectivity index (χ3n) is 3.95. The van der Waals surface area contributed by atoms with Gasteiger partial charge in [-0.2, -0.15) is 0 Å². The van der Waals surface area contributed by atoms with Crippen LogP contribution in [0.2, 0.25) is 0 Å². The van der Waals surface area contributed by atoms with E-state index in [1.165, 1.54) is 36.4 Å². The normalized spacial score (nSPS) is 13.1. The number of non-ortho nitro benzene ring substituents is 1. The van der Waals surface area contributed by atoms with Gasteiger partial charge in [0.1, 0.15) is 11.6 Å². The maximum atomic E-state index is 13.1. The average molecular weight is 372 g/mol. The fourth-order valence-electron chi connectivity index (χ4n) is 2.71. The zero-order valence-electron chi connectivity index (χ0n) is 14.3. The smallest absolute Gasteiger partial charge is 0.270 e. The van der Waals surface area contributed by atoms with E-state index in [-0.39, 0.29) is 30.8 Å². The van der Waals surface area contributed by atoms with Crippen molar-refractivity contribution in [2.75, 3.05) is 13.3 Å². The number of nitrogens with one attached hydrogen (secondary N) is 1. The van der Waals surface area contributed by atoms with Crippen molar-refractivity contribution in [2.24, 2.45) is 0 Å². The number of amides is 1. The van der Waals surface area contributed by atoms with Gasteiger partial charge in [-0.25, -0.2) is 4.39 Å². The predicted molar refractivity (Wildman–Crippen MR) is 95.5 cm³/mol. The molecule has 0 fully saturated rings. The maximum Gasteiger partial charge on any atom is 0.270 e. The molecule has 2 aromatic rings. The molecule has 1 N–H and O–H groups in total. The summed E-state index contributed by atoms with van der Waals surface area (Å²) in [6.07, 6.45) is 3.24. The first-order valence-electron chi connectivity index (χ1n) is 8.25. The van der Waals surface area contributed by atoms with Gasteiger partial charge in [-0.1, -0.05) is 12.1 Å². The number of hydrogen-bond acceptors (Lipinski definition) is 5. The van der Waals surface area contributed by atoms with Crippen LogP contribution in [0.15, 0.2) is 42.5 Å². The van der Waals surface area contributed by atoms with Crippen molar-refractivity contribution in [3.8, 4) is 5.75 Å². The van der Waals surface area contributed by atoms with E-state index in [1.54, 1.807) is 12.1 Å². The van der Waals surface area contributed by atoms with Crippen LogP contribution in [0.5, 0.6) is 5.75 Å². The van der Waals surface area contributed by atoms with E-state index in [2.05, 4.69) is 5.32 Å². The highest BCUT2D eigenvalue weighted by molar-refractivity contribution is 5.92. The third-order valence-corrected chi connectivity index (χ3v) is 3.95. The standard InChI is InChI=1S/C19H17FN2O5/c20-16-3-1-2-13(8-16)6-7-21-18(23)5-4-14-9-17(22(24)25)10-15-11-26-12-27-19(14)15/h1-5,8-10H,6-7,11-12H2,(H,21,23)/b5-4+. The highest BCUT2D eigenvalue weighted by Crippen LogP contribution is 2.33. The van der Waals surface area contributed by atoms with Crippen LogP contribution in [0.3, 0.4) is 0 Å². The number of nitro groups is 1. The van der Waals surface area contributed by atoms with E-state index in [4.69, 9.17) is 9.47 Å². The van der Waals surface area contributed by atoms with Crippen molar-refractivity contribution < 1.29 is 23.6 Å². The van der Waals surface area contributed by atoms with Gasteiger partial charge >= 0.3 is 0 Å². The third kappa shape index (κ3) is 4.89. The Balaban J connectivity index is 1.65. The van der Waals surface area contributed by atoms with Gasteiger partial charge in [-0.05, 0) is 30.2 Å². The number of carbonyl (C=O) groups excluding carboxylic acids is 1. The maximum absolute atomic E-state index is 13.1. The zero-order valence-corrected chi connectivity index (χ0v) is 14.3. The van der Waals surface area contributed by atoms with Crippen molar-refractivity contribution in [3.05, 3.63) is 75.1 Å². The molecule has 2 aromatic carbocycles. The number of hydrogen-bond donors (Lipinski definition) is 1. The molecule has 0 aliphatic carbocycles. The number of nitro benzene ring substituents is 1. The molecule has 0 aromatic heterocycles. The van der Waals surface area contributed by atoms with Gasteiger partial charge in [0.2, 0.25) is 5.91 Å². The van der Waals surface area contributed by atoms with Crippen LogP contribution in [0.25, 0.3) is 6.08 Å². The van der Waals surface area contributed by atoms with Gasteiger partial charge < -0.3 is 14.8 Å². The molecular weight excluding hydrogens is 355 g/mol. The molecule has 1 amide bonds. The topological polar surface area (TPSA) is 90.7 Å². The number of fused-ring (bicyclic) bond motifs is 1. The van der Waals surface area contributed by atoms with Crippen LogP contribution in [0.1, 0.15) is 16.7 Å². The average Bonchev–Trinajstić information content (AvgIpc) is 2.66. The molecule has 0 atom stereocenters. The molecule has 0 bridgehead atoms. The molecule has 7 nitrogen and oxygen atoms in total. The lowest BCUT2D eigenvalue weighted by atomic mass is 10.1. The monoisotopic (exact) mass is 372 g/mol. The van der Waals surface area contributed by atoms with E-state index in [1.807, 2.05) is 0 Å². The summed E-state index contributed by atoms with van der Waals surface area (Å²) in [5.74, 6) is -0.215. The van der Waals surface area contributed by atoms with Gasteiger partial charge in [-0.15, -0.1) is 0 Å². The van der Waals surface area contributed by atoms with E-state index in [9.17, 15) is 19.3 Å². The number of rotatable bonds is 6. The molecular formula is C19H17FN2O5. The summed E-state index contributed by atoms with van der Waals surface area (Å²) in [4.78, 5) is 22.6. The minimum atomic E-state index is -0.509. The molecule has 0 saturated carbocycles. The van der Waals surface area contributed by atoms with Gasteiger partial charge in [0.15, 0.2) is 6.79 Å². The fraction of sp³-hybridized carbons (Fsp3) is 0.211. The van der Waals surface area contributed by atoms with Crippen LogP contribution in [-0.4, -0.2) is 24.2 Å². The van der Waals surface area contributed by atoms with E-state index >= 15 is 0 Å². The molecule has 0 radical (unpaired) electrons. The fourth-order valence-corrected chi connectivity index (χ4v) is 2.71.